The minimum Gasteiger partial charge on any atom is -0.349 e. The van der Waals surface area contributed by atoms with E-state index in [4.69, 9.17) is 0 Å². The Bertz CT molecular complexity index is 438. The van der Waals surface area contributed by atoms with Crippen molar-refractivity contribution >= 4 is 5.91 Å². The van der Waals surface area contributed by atoms with Gasteiger partial charge in [0.25, 0.3) is 5.91 Å². The number of likely N-dealkylation sites (tertiary alicyclic amines) is 1. The molecule has 0 saturated carbocycles. The molecule has 4 nitrogen and oxygen atoms in total. The van der Waals surface area contributed by atoms with Crippen LogP contribution in [-0.2, 0) is 0 Å². The Morgan fingerprint density at radius 3 is 3.06 bits per heavy atom. The number of aromatic nitrogens is 1. The van der Waals surface area contributed by atoms with E-state index >= 15 is 0 Å². The molecule has 0 spiro atoms. The lowest BCUT2D eigenvalue weighted by atomic mass is 9.94. The number of nitrogens with one attached hydrogen (secondary N) is 1. The number of halogens is 1. The summed E-state index contributed by atoms with van der Waals surface area (Å²) in [4.78, 5) is 17.8. The number of pyridine rings is 1. The first kappa shape index (κ1) is 13.0. The first-order valence-electron chi connectivity index (χ1n) is 6.17. The van der Waals surface area contributed by atoms with E-state index in [-0.39, 0.29) is 17.5 Å². The van der Waals surface area contributed by atoms with Crippen LogP contribution in [0.3, 0.4) is 0 Å². The Balaban J connectivity index is 2.02. The first-order valence-corrected chi connectivity index (χ1v) is 6.17. The van der Waals surface area contributed by atoms with Crippen LogP contribution in [0.25, 0.3) is 0 Å². The number of piperidine rings is 1. The second-order valence-corrected chi connectivity index (χ2v) is 4.96. The van der Waals surface area contributed by atoms with Gasteiger partial charge in [0.1, 0.15) is 0 Å². The van der Waals surface area contributed by atoms with E-state index in [1.54, 1.807) is 0 Å². The highest BCUT2D eigenvalue weighted by atomic mass is 19.1. The van der Waals surface area contributed by atoms with Crippen molar-refractivity contribution in [2.45, 2.75) is 19.4 Å². The van der Waals surface area contributed by atoms with Gasteiger partial charge in [0.2, 0.25) is 0 Å². The third kappa shape index (κ3) is 2.85. The van der Waals surface area contributed by atoms with Crippen LogP contribution in [0, 0.1) is 11.7 Å². The average Bonchev–Trinajstić information content (AvgIpc) is 2.33. The number of hydrogen-bond donors (Lipinski definition) is 1. The molecule has 0 aromatic carbocycles. The fraction of sp³-hybridized carbons (Fsp3) is 0.538. The second-order valence-electron chi connectivity index (χ2n) is 4.96. The quantitative estimate of drug-likeness (QED) is 0.861. The van der Waals surface area contributed by atoms with E-state index in [0.29, 0.717) is 5.92 Å². The number of carbonyl (C=O) groups is 1. The summed E-state index contributed by atoms with van der Waals surface area (Å²) in [6.45, 7) is 4.00. The van der Waals surface area contributed by atoms with Gasteiger partial charge in [-0.25, -0.2) is 4.39 Å². The molecule has 18 heavy (non-hydrogen) atoms. The molecular formula is C13H18FN3O. The van der Waals surface area contributed by atoms with Crippen LogP contribution < -0.4 is 5.32 Å². The first-order chi connectivity index (χ1) is 8.58. The van der Waals surface area contributed by atoms with Crippen molar-refractivity contribution in [2.24, 2.45) is 5.92 Å². The van der Waals surface area contributed by atoms with Gasteiger partial charge < -0.3 is 10.2 Å². The highest BCUT2D eigenvalue weighted by Gasteiger charge is 2.26. The van der Waals surface area contributed by atoms with Gasteiger partial charge in [-0.05, 0) is 32.0 Å². The molecule has 2 rings (SSSR count). The topological polar surface area (TPSA) is 45.2 Å². The van der Waals surface area contributed by atoms with Gasteiger partial charge in [-0.2, -0.15) is 0 Å². The van der Waals surface area contributed by atoms with Crippen molar-refractivity contribution in [3.05, 3.63) is 29.8 Å². The molecule has 0 aliphatic carbocycles. The van der Waals surface area contributed by atoms with Crippen molar-refractivity contribution in [2.75, 3.05) is 20.1 Å². The average molecular weight is 251 g/mol. The molecule has 1 N–H and O–H groups in total. The second kappa shape index (κ2) is 5.44. The van der Waals surface area contributed by atoms with Crippen molar-refractivity contribution in [1.29, 1.82) is 0 Å². The lowest BCUT2D eigenvalue weighted by molar-refractivity contribution is 0.0879. The molecule has 0 bridgehead atoms. The number of hydrogen-bond acceptors (Lipinski definition) is 3. The maximum atomic E-state index is 13.4. The molecule has 2 atom stereocenters. The largest absolute Gasteiger partial charge is 0.349 e. The standard InChI is InChI=1S/C13H18FN3O/c1-9-8-17(2)6-4-12(9)16-13(18)10-3-5-15-7-11(10)14/h3,5,7,9,12H,4,6,8H2,1-2H3,(H,16,18). The van der Waals surface area contributed by atoms with E-state index in [9.17, 15) is 9.18 Å². The van der Waals surface area contributed by atoms with Crippen LogP contribution in [0.2, 0.25) is 0 Å². The summed E-state index contributed by atoms with van der Waals surface area (Å²) < 4.78 is 13.4. The summed E-state index contributed by atoms with van der Waals surface area (Å²) in [5.41, 5.74) is 0.0659. The van der Waals surface area contributed by atoms with Crippen molar-refractivity contribution in [3.8, 4) is 0 Å². The number of rotatable bonds is 2. The van der Waals surface area contributed by atoms with E-state index in [1.807, 2.05) is 0 Å². The zero-order valence-corrected chi connectivity index (χ0v) is 10.7. The van der Waals surface area contributed by atoms with Crippen LogP contribution in [0.4, 0.5) is 4.39 Å². The molecule has 1 fully saturated rings. The normalized spacial score (nSPS) is 24.8. The fourth-order valence-electron chi connectivity index (χ4n) is 2.37. The number of nitrogens with zero attached hydrogens (tertiary/aromatic N) is 2. The Labute approximate surface area is 106 Å². The van der Waals surface area contributed by atoms with E-state index in [1.165, 1.54) is 12.3 Å². The molecule has 1 aliphatic rings. The molecule has 1 amide bonds. The van der Waals surface area contributed by atoms with Gasteiger partial charge in [-0.15, -0.1) is 0 Å². The fourth-order valence-corrected chi connectivity index (χ4v) is 2.37. The summed E-state index contributed by atoms with van der Waals surface area (Å²) in [5, 5.41) is 2.91. The lowest BCUT2D eigenvalue weighted by Gasteiger charge is -2.35. The predicted molar refractivity (Wildman–Crippen MR) is 66.7 cm³/mol. The van der Waals surface area contributed by atoms with Crippen LogP contribution >= 0.6 is 0 Å². The summed E-state index contributed by atoms with van der Waals surface area (Å²) >= 11 is 0. The van der Waals surface area contributed by atoms with Gasteiger partial charge in [0.15, 0.2) is 5.82 Å². The minimum atomic E-state index is -0.574. The summed E-state index contributed by atoms with van der Waals surface area (Å²) in [7, 11) is 2.07. The SMILES string of the molecule is CC1CN(C)CCC1NC(=O)c1ccncc1F. The maximum Gasteiger partial charge on any atom is 0.254 e. The van der Waals surface area contributed by atoms with E-state index in [2.05, 4.69) is 29.2 Å². The van der Waals surface area contributed by atoms with Gasteiger partial charge in [-0.3, -0.25) is 9.78 Å². The molecule has 98 valence electrons. The highest BCUT2D eigenvalue weighted by Crippen LogP contribution is 2.16. The molecule has 2 heterocycles. The zero-order chi connectivity index (χ0) is 13.1. The smallest absolute Gasteiger partial charge is 0.254 e. The monoisotopic (exact) mass is 251 g/mol. The molecule has 1 aromatic rings. The summed E-state index contributed by atoms with van der Waals surface area (Å²) in [6, 6.07) is 1.52. The van der Waals surface area contributed by atoms with E-state index in [0.717, 1.165) is 25.7 Å². The molecular weight excluding hydrogens is 233 g/mol. The Morgan fingerprint density at radius 2 is 2.39 bits per heavy atom. The van der Waals surface area contributed by atoms with Gasteiger partial charge in [0, 0.05) is 18.8 Å². The van der Waals surface area contributed by atoms with Crippen molar-refractivity contribution < 1.29 is 9.18 Å². The molecule has 1 saturated heterocycles. The molecule has 1 aliphatic heterocycles. The van der Waals surface area contributed by atoms with Crippen molar-refractivity contribution in [1.82, 2.24) is 15.2 Å². The molecule has 5 heteroatoms. The Morgan fingerprint density at radius 1 is 1.61 bits per heavy atom. The number of amides is 1. The predicted octanol–water partition coefficient (Wildman–Crippen LogP) is 1.29. The zero-order valence-electron chi connectivity index (χ0n) is 10.7. The van der Waals surface area contributed by atoms with Crippen LogP contribution in [0.15, 0.2) is 18.5 Å². The molecule has 0 radical (unpaired) electrons. The van der Waals surface area contributed by atoms with Crippen LogP contribution in [-0.4, -0.2) is 42.0 Å². The number of carbonyl (C=O) groups excluding carboxylic acids is 1. The maximum absolute atomic E-state index is 13.4. The molecule has 1 aromatic heterocycles. The van der Waals surface area contributed by atoms with Crippen LogP contribution in [0.5, 0.6) is 0 Å². The Kier molecular flexibility index (Phi) is 3.91. The van der Waals surface area contributed by atoms with Crippen molar-refractivity contribution in [3.63, 3.8) is 0 Å². The van der Waals surface area contributed by atoms with Gasteiger partial charge in [-0.1, -0.05) is 6.92 Å². The summed E-state index contributed by atoms with van der Waals surface area (Å²) in [5.74, 6) is -0.551. The third-order valence-corrected chi connectivity index (χ3v) is 3.44. The van der Waals surface area contributed by atoms with E-state index < -0.39 is 5.82 Å². The summed E-state index contributed by atoms with van der Waals surface area (Å²) in [6.07, 6.45) is 3.39. The minimum absolute atomic E-state index is 0.0659. The molecule has 2 unspecified atom stereocenters. The highest BCUT2D eigenvalue weighted by molar-refractivity contribution is 5.94. The lowest BCUT2D eigenvalue weighted by Crippen LogP contribution is -2.49. The Hall–Kier alpha value is -1.49. The van der Waals surface area contributed by atoms with Gasteiger partial charge in [0.05, 0.1) is 11.8 Å². The van der Waals surface area contributed by atoms with Crippen LogP contribution in [0.1, 0.15) is 23.7 Å². The third-order valence-electron chi connectivity index (χ3n) is 3.44. The van der Waals surface area contributed by atoms with Gasteiger partial charge >= 0.3 is 0 Å².